The lowest BCUT2D eigenvalue weighted by Gasteiger charge is -2.01. The molecule has 3 rings (SSSR count). The van der Waals surface area contributed by atoms with Gasteiger partial charge < -0.3 is 14.2 Å². The number of thiophene rings is 1. The van der Waals surface area contributed by atoms with E-state index in [1.165, 1.54) is 11.8 Å². The summed E-state index contributed by atoms with van der Waals surface area (Å²) in [7, 11) is 1.87. The van der Waals surface area contributed by atoms with Crippen molar-refractivity contribution >= 4 is 23.1 Å². The van der Waals surface area contributed by atoms with Crippen LogP contribution >= 0.6 is 23.1 Å². The first kappa shape index (κ1) is 13.3. The van der Waals surface area contributed by atoms with Crippen LogP contribution in [0.15, 0.2) is 32.7 Å². The van der Waals surface area contributed by atoms with Gasteiger partial charge in [-0.25, -0.2) is 4.98 Å². The van der Waals surface area contributed by atoms with E-state index in [0.29, 0.717) is 17.5 Å². The van der Waals surface area contributed by atoms with E-state index in [9.17, 15) is 0 Å². The van der Waals surface area contributed by atoms with Gasteiger partial charge in [0, 0.05) is 18.0 Å². The maximum atomic E-state index is 9.12. The second-order valence-electron chi connectivity index (χ2n) is 4.06. The Kier molecular flexibility index (Phi) is 3.86. The van der Waals surface area contributed by atoms with Crippen LogP contribution in [0.3, 0.4) is 0 Å². The quantitative estimate of drug-likeness (QED) is 0.729. The molecular formula is C12H12N4O2S2. The highest BCUT2D eigenvalue weighted by atomic mass is 32.2. The van der Waals surface area contributed by atoms with Gasteiger partial charge in [0.05, 0.1) is 24.3 Å². The molecule has 20 heavy (non-hydrogen) atoms. The summed E-state index contributed by atoms with van der Waals surface area (Å²) in [6.45, 7) is -0.0209. The number of imidazole rings is 1. The molecule has 0 aliphatic heterocycles. The van der Waals surface area contributed by atoms with E-state index in [1.807, 2.05) is 28.4 Å². The molecule has 3 heterocycles. The Morgan fingerprint density at radius 1 is 1.50 bits per heavy atom. The minimum Gasteiger partial charge on any atom is -0.390 e. The van der Waals surface area contributed by atoms with E-state index < -0.39 is 0 Å². The van der Waals surface area contributed by atoms with E-state index >= 15 is 0 Å². The Morgan fingerprint density at radius 3 is 3.10 bits per heavy atom. The molecule has 104 valence electrons. The predicted octanol–water partition coefficient (Wildman–Crippen LogP) is 2.32. The highest BCUT2D eigenvalue weighted by Crippen LogP contribution is 2.24. The Hall–Kier alpha value is -1.64. The summed E-state index contributed by atoms with van der Waals surface area (Å²) in [5.41, 5.74) is 1.74. The Bertz CT molecular complexity index is 690. The molecular weight excluding hydrogens is 296 g/mol. The van der Waals surface area contributed by atoms with Crippen LogP contribution in [0.1, 0.15) is 11.6 Å². The van der Waals surface area contributed by atoms with Crippen LogP contribution in [0.4, 0.5) is 0 Å². The largest absolute Gasteiger partial charge is 0.390 e. The van der Waals surface area contributed by atoms with E-state index in [-0.39, 0.29) is 6.61 Å². The third kappa shape index (κ3) is 2.62. The number of hydrogen-bond acceptors (Lipinski definition) is 7. The van der Waals surface area contributed by atoms with Gasteiger partial charge in [0.2, 0.25) is 11.7 Å². The summed E-state index contributed by atoms with van der Waals surface area (Å²) >= 11 is 3.09. The van der Waals surface area contributed by atoms with Crippen molar-refractivity contribution in [1.82, 2.24) is 19.7 Å². The summed E-state index contributed by atoms with van der Waals surface area (Å²) in [6.07, 6.45) is 1.66. The molecule has 0 atom stereocenters. The van der Waals surface area contributed by atoms with Crippen molar-refractivity contribution < 1.29 is 9.63 Å². The van der Waals surface area contributed by atoms with Crippen molar-refractivity contribution in [3.05, 3.63) is 34.6 Å². The zero-order valence-corrected chi connectivity index (χ0v) is 12.3. The highest BCUT2D eigenvalue weighted by Gasteiger charge is 2.11. The molecule has 3 aromatic rings. The van der Waals surface area contributed by atoms with Crippen LogP contribution in [0, 0.1) is 0 Å². The molecule has 0 aliphatic rings. The smallest absolute Gasteiger partial charge is 0.237 e. The number of rotatable bonds is 5. The molecule has 0 aromatic carbocycles. The molecule has 8 heteroatoms. The second-order valence-corrected chi connectivity index (χ2v) is 5.78. The molecule has 1 N–H and O–H groups in total. The molecule has 3 aromatic heterocycles. The summed E-state index contributed by atoms with van der Waals surface area (Å²) in [4.78, 5) is 8.58. The molecule has 0 amide bonds. The van der Waals surface area contributed by atoms with E-state index in [1.54, 1.807) is 17.5 Å². The fourth-order valence-electron chi connectivity index (χ4n) is 1.66. The Morgan fingerprint density at radius 2 is 2.40 bits per heavy atom. The van der Waals surface area contributed by atoms with Crippen LogP contribution in [0.2, 0.25) is 0 Å². The van der Waals surface area contributed by atoms with E-state index in [0.717, 1.165) is 16.4 Å². The first-order valence-electron chi connectivity index (χ1n) is 5.87. The maximum Gasteiger partial charge on any atom is 0.237 e. The van der Waals surface area contributed by atoms with Gasteiger partial charge in [-0.05, 0) is 11.4 Å². The van der Waals surface area contributed by atoms with Crippen molar-refractivity contribution in [2.75, 3.05) is 0 Å². The van der Waals surface area contributed by atoms with E-state index in [4.69, 9.17) is 9.63 Å². The monoisotopic (exact) mass is 308 g/mol. The standard InChI is InChI=1S/C12H12N4O2S2/c1-16-9(5-17)4-13-12(16)20-7-10-14-11(15-18-10)8-2-3-19-6-8/h2-4,6,17H,5,7H2,1H3. The SMILES string of the molecule is Cn1c(CO)cnc1SCc1nc(-c2ccsc2)no1. The summed E-state index contributed by atoms with van der Waals surface area (Å²) < 4.78 is 7.07. The van der Waals surface area contributed by atoms with Gasteiger partial charge in [-0.1, -0.05) is 16.9 Å². The number of thioether (sulfide) groups is 1. The lowest BCUT2D eigenvalue weighted by atomic mass is 10.3. The Balaban J connectivity index is 1.68. The summed E-state index contributed by atoms with van der Waals surface area (Å²) in [6, 6.07) is 1.96. The molecule has 0 bridgehead atoms. The molecule has 0 spiro atoms. The van der Waals surface area contributed by atoms with Gasteiger partial charge in [0.1, 0.15) is 0 Å². The van der Waals surface area contributed by atoms with E-state index in [2.05, 4.69) is 15.1 Å². The van der Waals surface area contributed by atoms with Crippen LogP contribution in [-0.4, -0.2) is 24.8 Å². The van der Waals surface area contributed by atoms with Gasteiger partial charge in [-0.3, -0.25) is 0 Å². The fraction of sp³-hybridized carbons (Fsp3) is 0.250. The number of aliphatic hydroxyl groups excluding tert-OH is 1. The molecule has 6 nitrogen and oxygen atoms in total. The Labute approximate surface area is 123 Å². The highest BCUT2D eigenvalue weighted by molar-refractivity contribution is 7.98. The second kappa shape index (κ2) is 5.78. The summed E-state index contributed by atoms with van der Waals surface area (Å²) in [5, 5.41) is 17.8. The zero-order valence-electron chi connectivity index (χ0n) is 10.7. The molecule has 0 aliphatic carbocycles. The molecule has 0 unspecified atom stereocenters. The van der Waals surface area contributed by atoms with Crippen molar-refractivity contribution in [2.24, 2.45) is 7.05 Å². The third-order valence-corrected chi connectivity index (χ3v) is 4.49. The normalized spacial score (nSPS) is 11.1. The van der Waals surface area contributed by atoms with Gasteiger partial charge in [-0.15, -0.1) is 0 Å². The van der Waals surface area contributed by atoms with Gasteiger partial charge in [-0.2, -0.15) is 16.3 Å². The van der Waals surface area contributed by atoms with Gasteiger partial charge in [0.25, 0.3) is 0 Å². The topological polar surface area (TPSA) is 77.0 Å². The number of aliphatic hydroxyl groups is 1. The predicted molar refractivity (Wildman–Crippen MR) is 76.3 cm³/mol. The van der Waals surface area contributed by atoms with Crippen molar-refractivity contribution in [2.45, 2.75) is 17.5 Å². The van der Waals surface area contributed by atoms with Crippen LogP contribution in [0.25, 0.3) is 11.4 Å². The molecule has 0 fully saturated rings. The lowest BCUT2D eigenvalue weighted by Crippen LogP contribution is -1.97. The van der Waals surface area contributed by atoms with Gasteiger partial charge in [0.15, 0.2) is 5.16 Å². The minimum atomic E-state index is -0.0209. The van der Waals surface area contributed by atoms with Crippen molar-refractivity contribution in [3.8, 4) is 11.4 Å². The molecule has 0 saturated heterocycles. The van der Waals surface area contributed by atoms with Crippen LogP contribution < -0.4 is 0 Å². The lowest BCUT2D eigenvalue weighted by molar-refractivity contribution is 0.271. The fourth-order valence-corrected chi connectivity index (χ4v) is 3.10. The number of hydrogen-bond donors (Lipinski definition) is 1. The minimum absolute atomic E-state index is 0.0209. The summed E-state index contributed by atoms with van der Waals surface area (Å²) in [5.74, 6) is 1.72. The van der Waals surface area contributed by atoms with Crippen LogP contribution in [-0.2, 0) is 19.4 Å². The first-order chi connectivity index (χ1) is 9.78. The van der Waals surface area contributed by atoms with Crippen LogP contribution in [0.5, 0.6) is 0 Å². The van der Waals surface area contributed by atoms with Crippen molar-refractivity contribution in [3.63, 3.8) is 0 Å². The zero-order chi connectivity index (χ0) is 13.9. The maximum absolute atomic E-state index is 9.12. The molecule has 0 radical (unpaired) electrons. The van der Waals surface area contributed by atoms with Gasteiger partial charge >= 0.3 is 0 Å². The third-order valence-electron chi connectivity index (χ3n) is 2.78. The molecule has 0 saturated carbocycles. The average molecular weight is 308 g/mol. The number of nitrogens with zero attached hydrogens (tertiary/aromatic N) is 4. The van der Waals surface area contributed by atoms with Crippen molar-refractivity contribution in [1.29, 1.82) is 0 Å². The first-order valence-corrected chi connectivity index (χ1v) is 7.80. The average Bonchev–Trinajstić information content (AvgIpc) is 3.17. The number of aromatic nitrogens is 4.